The van der Waals surface area contributed by atoms with Gasteiger partial charge >= 0.3 is 0 Å². The molecule has 2 rings (SSSR count). The predicted octanol–water partition coefficient (Wildman–Crippen LogP) is 3.66. The van der Waals surface area contributed by atoms with Crippen LogP contribution in [0.15, 0.2) is 18.2 Å². The molecule has 0 aliphatic heterocycles. The molecule has 0 atom stereocenters. The molecule has 1 fully saturated rings. The van der Waals surface area contributed by atoms with Gasteiger partial charge in [-0.25, -0.2) is 8.78 Å². The summed E-state index contributed by atoms with van der Waals surface area (Å²) in [5.41, 5.74) is 0.0406. The van der Waals surface area contributed by atoms with Crippen molar-refractivity contribution in [1.82, 2.24) is 0 Å². The largest absolute Gasteiger partial charge is 0.299 e. The number of carbonyl (C=O) groups excluding carboxylic acids is 1. The molecule has 0 radical (unpaired) electrons. The van der Waals surface area contributed by atoms with E-state index in [9.17, 15) is 13.6 Å². The van der Waals surface area contributed by atoms with Crippen molar-refractivity contribution in [2.45, 2.75) is 38.5 Å². The van der Waals surface area contributed by atoms with Gasteiger partial charge in [-0.3, -0.25) is 4.79 Å². The fourth-order valence-corrected chi connectivity index (χ4v) is 2.47. The fraction of sp³-hybridized carbons (Fsp3) is 0.500. The van der Waals surface area contributed by atoms with Gasteiger partial charge in [0.2, 0.25) is 0 Å². The first-order valence-electron chi connectivity index (χ1n) is 6.14. The molecule has 0 saturated heterocycles. The van der Waals surface area contributed by atoms with Crippen LogP contribution < -0.4 is 0 Å². The zero-order valence-electron chi connectivity index (χ0n) is 9.72. The number of ketones is 1. The van der Waals surface area contributed by atoms with Crippen LogP contribution >= 0.6 is 0 Å². The topological polar surface area (TPSA) is 17.1 Å². The smallest absolute Gasteiger partial charge is 0.136 e. The molecule has 92 valence electrons. The molecule has 17 heavy (non-hydrogen) atoms. The van der Waals surface area contributed by atoms with Crippen LogP contribution in [0.1, 0.15) is 37.7 Å². The second-order valence-electron chi connectivity index (χ2n) is 4.65. The quantitative estimate of drug-likeness (QED) is 0.782. The first-order chi connectivity index (χ1) is 8.18. The Hall–Kier alpha value is -1.25. The van der Waals surface area contributed by atoms with Gasteiger partial charge in [-0.2, -0.15) is 0 Å². The van der Waals surface area contributed by atoms with Gasteiger partial charge in [-0.05, 0) is 31.4 Å². The fourth-order valence-electron chi connectivity index (χ4n) is 2.47. The van der Waals surface area contributed by atoms with Gasteiger partial charge in [0.15, 0.2) is 0 Å². The van der Waals surface area contributed by atoms with Gasteiger partial charge in [0.05, 0.1) is 0 Å². The number of hydrogen-bond donors (Lipinski definition) is 0. The summed E-state index contributed by atoms with van der Waals surface area (Å²) in [7, 11) is 0. The Kier molecular flexibility index (Phi) is 3.87. The average molecular weight is 238 g/mol. The van der Waals surface area contributed by atoms with E-state index in [1.165, 1.54) is 18.2 Å². The summed E-state index contributed by atoms with van der Waals surface area (Å²) in [5, 5.41) is 0. The van der Waals surface area contributed by atoms with Gasteiger partial charge in [-0.15, -0.1) is 0 Å². The molecular formula is C14H16F2O. The molecule has 0 spiro atoms. The van der Waals surface area contributed by atoms with Crippen molar-refractivity contribution in [2.24, 2.45) is 5.92 Å². The summed E-state index contributed by atoms with van der Waals surface area (Å²) in [4.78, 5) is 11.8. The minimum atomic E-state index is -0.552. The van der Waals surface area contributed by atoms with Crippen molar-refractivity contribution in [3.63, 3.8) is 0 Å². The third kappa shape index (κ3) is 2.90. The molecule has 1 aromatic rings. The highest BCUT2D eigenvalue weighted by Gasteiger charge is 2.22. The number of Topliss-reactive ketones (excluding diaryl/α,β-unsaturated/α-hetero) is 1. The van der Waals surface area contributed by atoms with Gasteiger partial charge in [0, 0.05) is 17.9 Å². The molecule has 0 N–H and O–H groups in total. The summed E-state index contributed by atoms with van der Waals surface area (Å²) >= 11 is 0. The van der Waals surface area contributed by atoms with E-state index in [0.717, 1.165) is 25.7 Å². The van der Waals surface area contributed by atoms with Gasteiger partial charge in [-0.1, -0.05) is 18.9 Å². The molecular weight excluding hydrogens is 222 g/mol. The number of halogens is 2. The second kappa shape index (κ2) is 5.39. The molecule has 0 heterocycles. The SMILES string of the molecule is O=C(CCc1c(F)cccc1F)C1CCCC1. The third-order valence-electron chi connectivity index (χ3n) is 3.49. The molecule has 1 aliphatic carbocycles. The van der Waals surface area contributed by atoms with Crippen LogP contribution in [0.5, 0.6) is 0 Å². The summed E-state index contributed by atoms with van der Waals surface area (Å²) in [6.45, 7) is 0. The molecule has 1 nitrogen and oxygen atoms in total. The highest BCUT2D eigenvalue weighted by Crippen LogP contribution is 2.27. The van der Waals surface area contributed by atoms with E-state index in [1.54, 1.807) is 0 Å². The van der Waals surface area contributed by atoms with E-state index in [-0.39, 0.29) is 30.1 Å². The van der Waals surface area contributed by atoms with Crippen LogP contribution in [0, 0.1) is 17.6 Å². The lowest BCUT2D eigenvalue weighted by Gasteiger charge is -2.08. The summed E-state index contributed by atoms with van der Waals surface area (Å²) in [6.07, 6.45) is 4.52. The molecule has 1 aliphatic rings. The van der Waals surface area contributed by atoms with Crippen molar-refractivity contribution < 1.29 is 13.6 Å². The molecule has 0 aromatic heterocycles. The Morgan fingerprint density at radius 2 is 1.76 bits per heavy atom. The summed E-state index contributed by atoms with van der Waals surface area (Å²) in [5.74, 6) is -0.816. The molecule has 1 saturated carbocycles. The molecule has 0 unspecified atom stereocenters. The van der Waals surface area contributed by atoms with Crippen LogP contribution in [-0.4, -0.2) is 5.78 Å². The second-order valence-corrected chi connectivity index (χ2v) is 4.65. The lowest BCUT2D eigenvalue weighted by Crippen LogP contribution is -2.12. The van der Waals surface area contributed by atoms with Crippen LogP contribution in [0.3, 0.4) is 0 Å². The van der Waals surface area contributed by atoms with E-state index >= 15 is 0 Å². The Bertz CT molecular complexity index is 388. The Morgan fingerprint density at radius 1 is 1.18 bits per heavy atom. The van der Waals surface area contributed by atoms with E-state index in [4.69, 9.17) is 0 Å². The van der Waals surface area contributed by atoms with Crippen LogP contribution in [0.4, 0.5) is 8.78 Å². The first kappa shape index (κ1) is 12.2. The zero-order valence-corrected chi connectivity index (χ0v) is 9.72. The minimum absolute atomic E-state index is 0.0406. The van der Waals surface area contributed by atoms with Crippen molar-refractivity contribution in [2.75, 3.05) is 0 Å². The third-order valence-corrected chi connectivity index (χ3v) is 3.49. The van der Waals surface area contributed by atoms with Crippen LogP contribution in [0.25, 0.3) is 0 Å². The number of benzene rings is 1. The molecule has 3 heteroatoms. The zero-order chi connectivity index (χ0) is 12.3. The highest BCUT2D eigenvalue weighted by atomic mass is 19.1. The maximum atomic E-state index is 13.3. The number of rotatable bonds is 4. The van der Waals surface area contributed by atoms with Crippen molar-refractivity contribution in [3.8, 4) is 0 Å². The standard InChI is InChI=1S/C14H16F2O/c15-12-6-3-7-13(16)11(12)8-9-14(17)10-4-1-2-5-10/h3,6-7,10H,1-2,4-5,8-9H2. The average Bonchev–Trinajstić information content (AvgIpc) is 2.81. The van der Waals surface area contributed by atoms with Crippen LogP contribution in [-0.2, 0) is 11.2 Å². The normalized spacial score (nSPS) is 16.4. The molecule has 0 amide bonds. The molecule has 0 bridgehead atoms. The van der Waals surface area contributed by atoms with Gasteiger partial charge in [0.25, 0.3) is 0 Å². The Balaban J connectivity index is 1.95. The monoisotopic (exact) mass is 238 g/mol. The van der Waals surface area contributed by atoms with Crippen molar-refractivity contribution in [3.05, 3.63) is 35.4 Å². The van der Waals surface area contributed by atoms with E-state index < -0.39 is 11.6 Å². The Labute approximate surface area is 99.8 Å². The summed E-state index contributed by atoms with van der Waals surface area (Å²) in [6, 6.07) is 3.81. The van der Waals surface area contributed by atoms with Crippen molar-refractivity contribution in [1.29, 1.82) is 0 Å². The number of hydrogen-bond acceptors (Lipinski definition) is 1. The predicted molar refractivity (Wildman–Crippen MR) is 61.6 cm³/mol. The maximum absolute atomic E-state index is 13.3. The maximum Gasteiger partial charge on any atom is 0.136 e. The lowest BCUT2D eigenvalue weighted by molar-refractivity contribution is -0.122. The highest BCUT2D eigenvalue weighted by molar-refractivity contribution is 5.81. The van der Waals surface area contributed by atoms with Gasteiger partial charge < -0.3 is 0 Å². The minimum Gasteiger partial charge on any atom is -0.299 e. The van der Waals surface area contributed by atoms with Gasteiger partial charge in [0.1, 0.15) is 17.4 Å². The van der Waals surface area contributed by atoms with E-state index in [1.807, 2.05) is 0 Å². The van der Waals surface area contributed by atoms with Crippen molar-refractivity contribution >= 4 is 5.78 Å². The lowest BCUT2D eigenvalue weighted by atomic mass is 9.96. The molecule has 1 aromatic carbocycles. The Morgan fingerprint density at radius 3 is 2.35 bits per heavy atom. The first-order valence-corrected chi connectivity index (χ1v) is 6.14. The van der Waals surface area contributed by atoms with Crippen LogP contribution in [0.2, 0.25) is 0 Å². The van der Waals surface area contributed by atoms with E-state index in [2.05, 4.69) is 0 Å². The summed E-state index contributed by atoms with van der Waals surface area (Å²) < 4.78 is 26.7. The number of carbonyl (C=O) groups is 1. The van der Waals surface area contributed by atoms with E-state index in [0.29, 0.717) is 0 Å².